The van der Waals surface area contributed by atoms with Crippen LogP contribution < -0.4 is 5.32 Å². The second-order valence-electron chi connectivity index (χ2n) is 6.65. The van der Waals surface area contributed by atoms with Crippen molar-refractivity contribution in [1.82, 2.24) is 19.5 Å². The monoisotopic (exact) mass is 357 g/mol. The zero-order chi connectivity index (χ0) is 18.5. The fourth-order valence-electron chi connectivity index (χ4n) is 3.02. The predicted molar refractivity (Wildman–Crippen MR) is 92.5 cm³/mol. The first-order valence-electron chi connectivity index (χ1n) is 8.32. The molecule has 0 aliphatic heterocycles. The summed E-state index contributed by atoms with van der Waals surface area (Å²) in [7, 11) is 0. The van der Waals surface area contributed by atoms with E-state index in [-0.39, 0.29) is 11.6 Å². The van der Waals surface area contributed by atoms with E-state index in [1.54, 1.807) is 16.8 Å². The molecule has 134 valence electrons. The van der Waals surface area contributed by atoms with Crippen LogP contribution in [-0.2, 0) is 10.7 Å². The van der Waals surface area contributed by atoms with Gasteiger partial charge in [0, 0.05) is 43.8 Å². The van der Waals surface area contributed by atoms with Crippen molar-refractivity contribution in [2.45, 2.75) is 38.5 Å². The summed E-state index contributed by atoms with van der Waals surface area (Å²) >= 11 is 0. The van der Waals surface area contributed by atoms with E-state index < -0.39 is 5.92 Å². The molecule has 3 aromatic rings. The molecule has 3 aromatic heterocycles. The van der Waals surface area contributed by atoms with Gasteiger partial charge in [-0.3, -0.25) is 4.79 Å². The molecule has 0 aromatic carbocycles. The number of alkyl halides is 2. The van der Waals surface area contributed by atoms with Crippen LogP contribution in [0.2, 0.25) is 0 Å². The van der Waals surface area contributed by atoms with Gasteiger partial charge in [-0.1, -0.05) is 0 Å². The molecule has 26 heavy (non-hydrogen) atoms. The quantitative estimate of drug-likeness (QED) is 0.772. The van der Waals surface area contributed by atoms with Crippen LogP contribution in [0.1, 0.15) is 43.9 Å². The van der Waals surface area contributed by atoms with Crippen LogP contribution in [0.3, 0.4) is 0 Å². The van der Waals surface area contributed by atoms with E-state index in [1.807, 2.05) is 6.20 Å². The van der Waals surface area contributed by atoms with Crippen molar-refractivity contribution in [3.8, 4) is 5.82 Å². The Balaban J connectivity index is 1.89. The Bertz CT molecular complexity index is 1000. The molecule has 1 saturated carbocycles. The molecular weight excluding hydrogens is 340 g/mol. The van der Waals surface area contributed by atoms with Crippen molar-refractivity contribution >= 4 is 22.6 Å². The summed E-state index contributed by atoms with van der Waals surface area (Å²) in [6, 6.07) is 3.02. The van der Waals surface area contributed by atoms with E-state index in [1.165, 1.54) is 13.0 Å². The van der Waals surface area contributed by atoms with E-state index in [0.717, 1.165) is 42.6 Å². The Labute approximate surface area is 148 Å². The van der Waals surface area contributed by atoms with Gasteiger partial charge in [0.1, 0.15) is 23.7 Å². The third kappa shape index (κ3) is 3.02. The minimum Gasteiger partial charge on any atom is -0.311 e. The highest BCUT2D eigenvalue weighted by molar-refractivity contribution is 5.92. The molecule has 0 atom stereocenters. The molecule has 6 nitrogen and oxygen atoms in total. The Hall–Kier alpha value is -2.90. The molecule has 0 unspecified atom stereocenters. The van der Waals surface area contributed by atoms with Crippen molar-refractivity contribution in [3.63, 3.8) is 0 Å². The van der Waals surface area contributed by atoms with E-state index in [9.17, 15) is 13.6 Å². The Morgan fingerprint density at radius 3 is 2.69 bits per heavy atom. The lowest BCUT2D eigenvalue weighted by Gasteiger charge is -2.11. The number of fused-ring (bicyclic) bond motifs is 1. The molecule has 0 spiro atoms. The topological polar surface area (TPSA) is 72.7 Å². The molecule has 1 aliphatic carbocycles. The summed E-state index contributed by atoms with van der Waals surface area (Å²) in [4.78, 5) is 23.5. The summed E-state index contributed by atoms with van der Waals surface area (Å²) in [5.74, 6) is -2.08. The third-order valence-corrected chi connectivity index (χ3v) is 4.39. The first-order chi connectivity index (χ1) is 12.3. The minimum absolute atomic E-state index is 0.229. The average Bonchev–Trinajstić information content (AvgIpc) is 3.35. The fourth-order valence-corrected chi connectivity index (χ4v) is 3.02. The predicted octanol–water partition coefficient (Wildman–Crippen LogP) is 3.76. The number of anilines is 1. The number of nitrogens with one attached hydrogen (secondary N) is 1. The van der Waals surface area contributed by atoms with Gasteiger partial charge in [0.15, 0.2) is 0 Å². The van der Waals surface area contributed by atoms with Crippen molar-refractivity contribution in [3.05, 3.63) is 42.1 Å². The Morgan fingerprint density at radius 2 is 2.04 bits per heavy atom. The number of halogens is 2. The maximum atomic E-state index is 13.7. The number of hydrogen-bond donors (Lipinski definition) is 1. The highest BCUT2D eigenvalue weighted by Crippen LogP contribution is 2.44. The first kappa shape index (κ1) is 16.6. The van der Waals surface area contributed by atoms with Gasteiger partial charge in [-0.15, -0.1) is 0 Å². The first-order valence-corrected chi connectivity index (χ1v) is 8.32. The molecule has 8 heteroatoms. The number of rotatable bonds is 4. The normalized spacial score (nSPS) is 14.6. The smallest absolute Gasteiger partial charge is 0.287 e. The lowest BCUT2D eigenvalue weighted by atomic mass is 10.1. The standard InChI is InChI=1S/C18H17F2N5O/c1-10(26)24-16-5-14-12(7-21-16)13(11-3-4-11)8-25(14)17-6-15(18(2,19)20)22-9-23-17/h5-9,11H,3-4H2,1-2H3,(H,21,24,26). The number of pyridine rings is 1. The molecule has 0 radical (unpaired) electrons. The highest BCUT2D eigenvalue weighted by Gasteiger charge is 2.29. The third-order valence-electron chi connectivity index (χ3n) is 4.39. The summed E-state index contributed by atoms with van der Waals surface area (Å²) in [5.41, 5.74) is 1.54. The number of carbonyl (C=O) groups is 1. The number of amides is 1. The minimum atomic E-state index is -3.05. The lowest BCUT2D eigenvalue weighted by Crippen LogP contribution is -2.11. The van der Waals surface area contributed by atoms with Crippen LogP contribution in [0.15, 0.2) is 30.9 Å². The van der Waals surface area contributed by atoms with Gasteiger partial charge >= 0.3 is 0 Å². The molecule has 1 N–H and O–H groups in total. The molecule has 0 bridgehead atoms. The SMILES string of the molecule is CC(=O)Nc1cc2c(cn1)c(C1CC1)cn2-c1cc(C(C)(F)F)ncn1. The van der Waals surface area contributed by atoms with Crippen LogP contribution in [0.25, 0.3) is 16.7 Å². The van der Waals surface area contributed by atoms with E-state index in [4.69, 9.17) is 0 Å². The molecule has 1 fully saturated rings. The van der Waals surface area contributed by atoms with Crippen molar-refractivity contribution in [2.24, 2.45) is 0 Å². The van der Waals surface area contributed by atoms with Crippen LogP contribution in [0.5, 0.6) is 0 Å². The van der Waals surface area contributed by atoms with Crippen molar-refractivity contribution in [2.75, 3.05) is 5.32 Å². The van der Waals surface area contributed by atoms with Crippen LogP contribution in [0.4, 0.5) is 14.6 Å². The van der Waals surface area contributed by atoms with E-state index in [2.05, 4.69) is 20.3 Å². The van der Waals surface area contributed by atoms with E-state index >= 15 is 0 Å². The number of aromatic nitrogens is 4. The summed E-state index contributed by atoms with van der Waals surface area (Å²) < 4.78 is 29.1. The van der Waals surface area contributed by atoms with E-state index in [0.29, 0.717) is 17.6 Å². The molecule has 4 rings (SSSR count). The van der Waals surface area contributed by atoms with Gasteiger partial charge < -0.3 is 9.88 Å². The van der Waals surface area contributed by atoms with Gasteiger partial charge in [-0.25, -0.2) is 15.0 Å². The van der Waals surface area contributed by atoms with Gasteiger partial charge in [0.05, 0.1) is 5.52 Å². The van der Waals surface area contributed by atoms with Crippen LogP contribution in [0, 0.1) is 0 Å². The molecule has 0 saturated heterocycles. The van der Waals surface area contributed by atoms with Gasteiger partial charge in [-0.2, -0.15) is 8.78 Å². The summed E-state index contributed by atoms with van der Waals surface area (Å²) in [6.07, 6.45) is 6.95. The average molecular weight is 357 g/mol. The number of nitrogens with zero attached hydrogens (tertiary/aromatic N) is 4. The second-order valence-corrected chi connectivity index (χ2v) is 6.65. The van der Waals surface area contributed by atoms with Crippen LogP contribution >= 0.6 is 0 Å². The Morgan fingerprint density at radius 1 is 1.27 bits per heavy atom. The molecule has 1 amide bonds. The lowest BCUT2D eigenvalue weighted by molar-refractivity contribution is -0.114. The van der Waals surface area contributed by atoms with Gasteiger partial charge in [0.2, 0.25) is 5.91 Å². The Kier molecular flexibility index (Phi) is 3.71. The van der Waals surface area contributed by atoms with Crippen LogP contribution in [-0.4, -0.2) is 25.4 Å². The largest absolute Gasteiger partial charge is 0.311 e. The number of carbonyl (C=O) groups excluding carboxylic acids is 1. The number of hydrogen-bond acceptors (Lipinski definition) is 4. The zero-order valence-corrected chi connectivity index (χ0v) is 14.3. The highest BCUT2D eigenvalue weighted by atomic mass is 19.3. The molecule has 3 heterocycles. The van der Waals surface area contributed by atoms with Gasteiger partial charge in [0.25, 0.3) is 5.92 Å². The van der Waals surface area contributed by atoms with Gasteiger partial charge in [-0.05, 0) is 24.3 Å². The molecular formula is C18H17F2N5O. The second kappa shape index (κ2) is 5.82. The fraction of sp³-hybridized carbons (Fsp3) is 0.333. The molecule has 1 aliphatic rings. The maximum Gasteiger partial charge on any atom is 0.287 e. The van der Waals surface area contributed by atoms with Crippen molar-refractivity contribution in [1.29, 1.82) is 0 Å². The summed E-state index contributed by atoms with van der Waals surface area (Å²) in [6.45, 7) is 2.21. The zero-order valence-electron chi connectivity index (χ0n) is 14.3. The maximum absolute atomic E-state index is 13.7. The summed E-state index contributed by atoms with van der Waals surface area (Å²) in [5, 5.41) is 3.58. The van der Waals surface area contributed by atoms with Crippen molar-refractivity contribution < 1.29 is 13.6 Å².